The van der Waals surface area contributed by atoms with Gasteiger partial charge in [-0.05, 0) is 24.5 Å². The number of hydrogen-bond donors (Lipinski definition) is 1. The van der Waals surface area contributed by atoms with Gasteiger partial charge >= 0.3 is 0 Å². The largest absolute Gasteiger partial charge is 0.398 e. The van der Waals surface area contributed by atoms with Crippen LogP contribution in [0.2, 0.25) is 0 Å². The first-order chi connectivity index (χ1) is 8.17. The first-order valence-electron chi connectivity index (χ1n) is 5.89. The van der Waals surface area contributed by atoms with Crippen molar-refractivity contribution in [3.63, 3.8) is 0 Å². The van der Waals surface area contributed by atoms with Crippen LogP contribution in [0.1, 0.15) is 31.4 Å². The van der Waals surface area contributed by atoms with Crippen molar-refractivity contribution in [2.75, 3.05) is 0 Å². The molecule has 0 saturated carbocycles. The van der Waals surface area contributed by atoms with Crippen molar-refractivity contribution < 1.29 is 0 Å². The van der Waals surface area contributed by atoms with Gasteiger partial charge in [-0.15, -0.1) is 0 Å². The third kappa shape index (κ3) is 2.07. The predicted octanol–water partition coefficient (Wildman–Crippen LogP) is 1.40. The number of aryl methyl sites for hydroxylation is 1. The molecular formula is C13H16BN3. The summed E-state index contributed by atoms with van der Waals surface area (Å²) in [5.74, 6) is 0. The molecular weight excluding hydrogens is 209 g/mol. The molecule has 0 unspecified atom stereocenters. The van der Waals surface area contributed by atoms with Crippen LogP contribution in [-0.4, -0.2) is 17.5 Å². The van der Waals surface area contributed by atoms with E-state index in [0.717, 1.165) is 35.1 Å². The van der Waals surface area contributed by atoms with Gasteiger partial charge in [-0.1, -0.05) is 25.4 Å². The summed E-state index contributed by atoms with van der Waals surface area (Å²) >= 11 is 0. The molecule has 0 spiro atoms. The van der Waals surface area contributed by atoms with E-state index in [-0.39, 0.29) is 0 Å². The van der Waals surface area contributed by atoms with Crippen molar-refractivity contribution in [3.05, 3.63) is 35.7 Å². The van der Waals surface area contributed by atoms with Crippen molar-refractivity contribution in [2.45, 2.75) is 26.7 Å². The summed E-state index contributed by atoms with van der Waals surface area (Å²) in [6, 6.07) is 1.94. The molecule has 2 rings (SSSR count). The van der Waals surface area contributed by atoms with Crippen molar-refractivity contribution in [1.82, 2.24) is 9.61 Å². The minimum atomic E-state index is 0.724. The van der Waals surface area contributed by atoms with Gasteiger partial charge < -0.3 is 5.73 Å². The first kappa shape index (κ1) is 11.8. The molecule has 0 amide bonds. The zero-order valence-electron chi connectivity index (χ0n) is 10.3. The molecule has 17 heavy (non-hydrogen) atoms. The highest BCUT2D eigenvalue weighted by Crippen LogP contribution is 2.20. The normalized spacial score (nSPS) is 12.2. The van der Waals surface area contributed by atoms with Gasteiger partial charge in [0.2, 0.25) is 0 Å². The Kier molecular flexibility index (Phi) is 3.22. The van der Waals surface area contributed by atoms with E-state index in [4.69, 9.17) is 13.6 Å². The second-order valence-corrected chi connectivity index (χ2v) is 4.06. The van der Waals surface area contributed by atoms with Crippen LogP contribution in [0.5, 0.6) is 0 Å². The number of nitrogens with zero attached hydrogens (tertiary/aromatic N) is 2. The van der Waals surface area contributed by atoms with Crippen molar-refractivity contribution in [2.24, 2.45) is 5.73 Å². The second kappa shape index (κ2) is 4.66. The lowest BCUT2D eigenvalue weighted by Crippen LogP contribution is -2.05. The van der Waals surface area contributed by atoms with Crippen LogP contribution in [0.25, 0.3) is 11.2 Å². The second-order valence-electron chi connectivity index (χ2n) is 4.06. The summed E-state index contributed by atoms with van der Waals surface area (Å²) < 4.78 is 1.80. The highest BCUT2D eigenvalue weighted by Gasteiger charge is 2.09. The predicted molar refractivity (Wildman–Crippen MR) is 72.4 cm³/mol. The third-order valence-electron chi connectivity index (χ3n) is 2.86. The van der Waals surface area contributed by atoms with Crippen LogP contribution in [-0.2, 0) is 6.42 Å². The van der Waals surface area contributed by atoms with E-state index < -0.39 is 0 Å². The third-order valence-corrected chi connectivity index (χ3v) is 2.86. The summed E-state index contributed by atoms with van der Waals surface area (Å²) in [6.45, 7) is 4.18. The maximum atomic E-state index is 6.06. The van der Waals surface area contributed by atoms with Crippen LogP contribution in [0.15, 0.2) is 24.5 Å². The summed E-state index contributed by atoms with van der Waals surface area (Å²) in [5.41, 5.74) is 10.8. The maximum absolute atomic E-state index is 6.06. The molecule has 0 aromatic carbocycles. The highest BCUT2D eigenvalue weighted by atomic mass is 15.2. The average molecular weight is 225 g/mol. The Bertz CT molecular complexity index is 569. The fourth-order valence-electron chi connectivity index (χ4n) is 2.08. The van der Waals surface area contributed by atoms with E-state index in [2.05, 4.69) is 18.9 Å². The van der Waals surface area contributed by atoms with Gasteiger partial charge in [0.15, 0.2) is 0 Å². The molecule has 2 heterocycles. The van der Waals surface area contributed by atoms with E-state index in [1.165, 1.54) is 5.56 Å². The lowest BCUT2D eigenvalue weighted by Gasteiger charge is -2.09. The fourth-order valence-corrected chi connectivity index (χ4v) is 2.08. The molecule has 0 aliphatic heterocycles. The lowest BCUT2D eigenvalue weighted by molar-refractivity contribution is 0.917. The van der Waals surface area contributed by atoms with Gasteiger partial charge in [0.25, 0.3) is 0 Å². The number of aromatic nitrogens is 2. The van der Waals surface area contributed by atoms with E-state index in [0.29, 0.717) is 0 Å². The topological polar surface area (TPSA) is 43.3 Å². The van der Waals surface area contributed by atoms with Crippen LogP contribution in [0.4, 0.5) is 0 Å². The summed E-state index contributed by atoms with van der Waals surface area (Å²) in [7, 11) is 5.79. The molecule has 0 aliphatic rings. The minimum Gasteiger partial charge on any atom is -0.398 e. The lowest BCUT2D eigenvalue weighted by atomic mass is 9.99. The molecule has 3 nitrogen and oxygen atoms in total. The molecule has 0 saturated heterocycles. The molecule has 0 aliphatic carbocycles. The Morgan fingerprint density at radius 3 is 2.94 bits per heavy atom. The zero-order chi connectivity index (χ0) is 12.4. The number of fused-ring (bicyclic) bond motifs is 1. The zero-order valence-corrected chi connectivity index (χ0v) is 10.3. The van der Waals surface area contributed by atoms with Gasteiger partial charge in [-0.3, -0.25) is 0 Å². The van der Waals surface area contributed by atoms with Gasteiger partial charge in [0.1, 0.15) is 7.85 Å². The average Bonchev–Trinajstić information content (AvgIpc) is 2.68. The van der Waals surface area contributed by atoms with Gasteiger partial charge in [-0.2, -0.15) is 5.10 Å². The molecule has 0 fully saturated rings. The number of allylic oxidation sites excluding steroid dienone is 1. The van der Waals surface area contributed by atoms with Gasteiger partial charge in [0, 0.05) is 17.5 Å². The standard InChI is InChI=1S/C13H16BN3/c1-3-5-12(15)11-7-16-17-8-9(14)6-13(17)10(11)4-2/h5-8H,3-4,15H2,1-2H3/b12-5-. The highest BCUT2D eigenvalue weighted by molar-refractivity contribution is 6.32. The molecule has 2 aromatic rings. The Morgan fingerprint density at radius 2 is 2.29 bits per heavy atom. The molecule has 0 atom stereocenters. The minimum absolute atomic E-state index is 0.724. The van der Waals surface area contributed by atoms with Crippen molar-refractivity contribution in [1.29, 1.82) is 0 Å². The van der Waals surface area contributed by atoms with Crippen LogP contribution >= 0.6 is 0 Å². The van der Waals surface area contributed by atoms with E-state index in [1.807, 2.05) is 24.5 Å². The van der Waals surface area contributed by atoms with Crippen LogP contribution in [0, 0.1) is 0 Å². The smallest absolute Gasteiger partial charge is 0.116 e. The monoisotopic (exact) mass is 225 g/mol. The molecule has 0 bridgehead atoms. The fraction of sp³-hybridized carbons (Fsp3) is 0.308. The summed E-state index contributed by atoms with van der Waals surface area (Å²) in [5, 5.41) is 4.33. The van der Waals surface area contributed by atoms with Gasteiger partial charge in [0.05, 0.1) is 11.7 Å². The molecule has 2 aromatic heterocycles. The van der Waals surface area contributed by atoms with Crippen molar-refractivity contribution in [3.8, 4) is 0 Å². The Labute approximate surface area is 103 Å². The number of rotatable bonds is 3. The van der Waals surface area contributed by atoms with Crippen molar-refractivity contribution >= 4 is 24.5 Å². The van der Waals surface area contributed by atoms with Crippen LogP contribution < -0.4 is 11.2 Å². The maximum Gasteiger partial charge on any atom is 0.116 e. The first-order valence-corrected chi connectivity index (χ1v) is 5.89. The van der Waals surface area contributed by atoms with E-state index in [1.54, 1.807) is 4.52 Å². The number of hydrogen-bond acceptors (Lipinski definition) is 2. The number of nitrogens with two attached hydrogens (primary N) is 1. The van der Waals surface area contributed by atoms with E-state index in [9.17, 15) is 0 Å². The molecule has 2 N–H and O–H groups in total. The summed E-state index contributed by atoms with van der Waals surface area (Å²) in [4.78, 5) is 0. The SMILES string of the molecule is [B]c1cc2c(CC)c(/C(N)=C/CC)cnn2c1. The van der Waals surface area contributed by atoms with Gasteiger partial charge in [-0.25, -0.2) is 4.52 Å². The Balaban J connectivity index is 2.68. The Hall–Kier alpha value is -1.71. The molecule has 2 radical (unpaired) electrons. The summed E-state index contributed by atoms with van der Waals surface area (Å²) in [6.07, 6.45) is 7.47. The molecule has 86 valence electrons. The van der Waals surface area contributed by atoms with E-state index >= 15 is 0 Å². The van der Waals surface area contributed by atoms with Crippen LogP contribution in [0.3, 0.4) is 0 Å². The molecule has 4 heteroatoms. The Morgan fingerprint density at radius 1 is 1.53 bits per heavy atom. The quantitative estimate of drug-likeness (QED) is 0.802.